The minimum Gasteiger partial charge on any atom is -0.493 e. The fraction of sp³-hybridized carbons (Fsp3) is 0.438. The van der Waals surface area contributed by atoms with Gasteiger partial charge in [-0.2, -0.15) is 5.10 Å². The summed E-state index contributed by atoms with van der Waals surface area (Å²) in [5.41, 5.74) is 2.05. The minimum atomic E-state index is 0.0774. The maximum atomic E-state index is 8.94. The van der Waals surface area contributed by atoms with Crippen LogP contribution >= 0.6 is 0 Å². The van der Waals surface area contributed by atoms with Gasteiger partial charge in [0.2, 0.25) is 0 Å². The molecule has 0 aliphatic heterocycles. The molecule has 0 amide bonds. The first-order chi connectivity index (χ1) is 10.7. The highest BCUT2D eigenvalue weighted by molar-refractivity contribution is 5.47. The van der Waals surface area contributed by atoms with E-state index in [1.165, 1.54) is 0 Å². The van der Waals surface area contributed by atoms with Gasteiger partial charge in [0.25, 0.3) is 0 Å². The molecule has 0 aliphatic carbocycles. The van der Waals surface area contributed by atoms with Crippen LogP contribution in [0, 0.1) is 0 Å². The van der Waals surface area contributed by atoms with Crippen molar-refractivity contribution in [2.75, 3.05) is 26.1 Å². The van der Waals surface area contributed by atoms with Gasteiger partial charge in [-0.15, -0.1) is 0 Å². The zero-order valence-electron chi connectivity index (χ0n) is 13.2. The molecule has 0 saturated carbocycles. The van der Waals surface area contributed by atoms with Crippen LogP contribution in [-0.4, -0.2) is 35.7 Å². The second-order valence-corrected chi connectivity index (χ2v) is 4.94. The summed E-state index contributed by atoms with van der Waals surface area (Å²) in [5, 5.41) is 16.6. The van der Waals surface area contributed by atoms with Gasteiger partial charge in [0.05, 0.1) is 45.3 Å². The summed E-state index contributed by atoms with van der Waals surface area (Å²) in [7, 11) is 3.26. The van der Waals surface area contributed by atoms with Crippen molar-refractivity contribution >= 4 is 5.69 Å². The smallest absolute Gasteiger partial charge is 0.161 e. The Morgan fingerprint density at radius 1 is 1.27 bits per heavy atom. The number of benzene rings is 1. The first kappa shape index (κ1) is 16.2. The average molecular weight is 305 g/mol. The molecular weight excluding hydrogens is 282 g/mol. The molecule has 1 aromatic carbocycles. The van der Waals surface area contributed by atoms with Crippen LogP contribution in [0.5, 0.6) is 11.5 Å². The molecule has 1 atom stereocenters. The molecule has 0 spiro atoms. The van der Waals surface area contributed by atoms with Crippen LogP contribution in [0.3, 0.4) is 0 Å². The number of methoxy groups -OCH3 is 2. The summed E-state index contributed by atoms with van der Waals surface area (Å²) in [6.07, 6.45) is 4.57. The van der Waals surface area contributed by atoms with Crippen LogP contribution < -0.4 is 14.8 Å². The van der Waals surface area contributed by atoms with E-state index >= 15 is 0 Å². The molecule has 0 fully saturated rings. The molecule has 22 heavy (non-hydrogen) atoms. The lowest BCUT2D eigenvalue weighted by molar-refractivity contribution is 0.269. The van der Waals surface area contributed by atoms with Gasteiger partial charge in [-0.3, -0.25) is 4.68 Å². The van der Waals surface area contributed by atoms with Crippen molar-refractivity contribution in [3.8, 4) is 11.5 Å². The molecule has 6 heteroatoms. The van der Waals surface area contributed by atoms with Gasteiger partial charge in [-0.05, 0) is 24.1 Å². The summed E-state index contributed by atoms with van der Waals surface area (Å²) in [5.74, 6) is 1.44. The van der Waals surface area contributed by atoms with Gasteiger partial charge < -0.3 is 19.9 Å². The largest absolute Gasteiger partial charge is 0.493 e. The number of aromatic nitrogens is 2. The monoisotopic (exact) mass is 305 g/mol. The maximum absolute atomic E-state index is 8.94. The summed E-state index contributed by atoms with van der Waals surface area (Å²) >= 11 is 0. The minimum absolute atomic E-state index is 0.0774. The Hall–Kier alpha value is -2.21. The quantitative estimate of drug-likeness (QED) is 0.784. The number of aliphatic hydroxyl groups is 1. The first-order valence-electron chi connectivity index (χ1n) is 7.33. The lowest BCUT2D eigenvalue weighted by Crippen LogP contribution is -2.09. The van der Waals surface area contributed by atoms with Crippen LogP contribution in [-0.2, 0) is 6.54 Å². The van der Waals surface area contributed by atoms with Crippen LogP contribution in [0.15, 0.2) is 30.6 Å². The lowest BCUT2D eigenvalue weighted by Gasteiger charge is -2.19. The van der Waals surface area contributed by atoms with Crippen LogP contribution in [0.25, 0.3) is 0 Å². The van der Waals surface area contributed by atoms with Gasteiger partial charge in [0, 0.05) is 6.20 Å². The lowest BCUT2D eigenvalue weighted by atomic mass is 10.0. The molecular formula is C16H23N3O3. The summed E-state index contributed by atoms with van der Waals surface area (Å²) in [6, 6.07) is 6.07. The molecule has 0 saturated heterocycles. The first-order valence-corrected chi connectivity index (χ1v) is 7.33. The highest BCUT2D eigenvalue weighted by atomic mass is 16.5. The standard InChI is InChI=1S/C16H23N3O3/c1-4-14(18-13-10-17-19(11-13)7-8-20)12-5-6-15(21-2)16(9-12)22-3/h5-6,9-11,14,18,20H,4,7-8H2,1-3H3. The Balaban J connectivity index is 2.16. The molecule has 2 rings (SSSR count). The number of rotatable bonds is 8. The third-order valence-electron chi connectivity index (χ3n) is 3.52. The van der Waals surface area contributed by atoms with Crippen molar-refractivity contribution in [3.63, 3.8) is 0 Å². The summed E-state index contributed by atoms with van der Waals surface area (Å²) < 4.78 is 12.3. The Labute approximate surface area is 130 Å². The van der Waals surface area contributed by atoms with E-state index in [-0.39, 0.29) is 12.6 Å². The normalized spacial score (nSPS) is 12.0. The van der Waals surface area contributed by atoms with Crippen molar-refractivity contribution in [1.29, 1.82) is 0 Å². The van der Waals surface area contributed by atoms with Crippen LogP contribution in [0.2, 0.25) is 0 Å². The molecule has 6 nitrogen and oxygen atoms in total. The van der Waals surface area contributed by atoms with E-state index in [0.717, 1.165) is 29.2 Å². The Morgan fingerprint density at radius 3 is 2.68 bits per heavy atom. The van der Waals surface area contributed by atoms with E-state index in [9.17, 15) is 0 Å². The second-order valence-electron chi connectivity index (χ2n) is 4.94. The highest BCUT2D eigenvalue weighted by Gasteiger charge is 2.13. The van der Waals surface area contributed by atoms with E-state index < -0.39 is 0 Å². The van der Waals surface area contributed by atoms with Gasteiger partial charge >= 0.3 is 0 Å². The predicted octanol–water partition coefficient (Wildman–Crippen LogP) is 2.46. The third kappa shape index (κ3) is 3.71. The number of hydrogen-bond acceptors (Lipinski definition) is 5. The van der Waals surface area contributed by atoms with Crippen molar-refractivity contribution in [3.05, 3.63) is 36.2 Å². The fourth-order valence-electron chi connectivity index (χ4n) is 2.35. The van der Waals surface area contributed by atoms with Crippen molar-refractivity contribution in [2.24, 2.45) is 0 Å². The zero-order chi connectivity index (χ0) is 15.9. The molecule has 0 bridgehead atoms. The number of hydrogen-bond donors (Lipinski definition) is 2. The average Bonchev–Trinajstić information content (AvgIpc) is 2.99. The van der Waals surface area contributed by atoms with E-state index in [0.29, 0.717) is 6.54 Å². The second kappa shape index (κ2) is 7.70. The molecule has 1 aromatic heterocycles. The van der Waals surface area contributed by atoms with Gasteiger partial charge in [-0.25, -0.2) is 0 Å². The van der Waals surface area contributed by atoms with E-state index in [1.807, 2.05) is 24.4 Å². The number of ether oxygens (including phenoxy) is 2. The SMILES string of the molecule is CCC(Nc1cnn(CCO)c1)c1ccc(OC)c(OC)c1. The van der Waals surface area contributed by atoms with Crippen molar-refractivity contribution < 1.29 is 14.6 Å². The highest BCUT2D eigenvalue weighted by Crippen LogP contribution is 2.32. The van der Waals surface area contributed by atoms with Gasteiger partial charge in [0.1, 0.15) is 0 Å². The molecule has 120 valence electrons. The molecule has 2 aromatic rings. The van der Waals surface area contributed by atoms with Gasteiger partial charge in [0.15, 0.2) is 11.5 Å². The number of nitrogens with zero attached hydrogens (tertiary/aromatic N) is 2. The third-order valence-corrected chi connectivity index (χ3v) is 3.52. The fourth-order valence-corrected chi connectivity index (χ4v) is 2.35. The Morgan fingerprint density at radius 2 is 2.05 bits per heavy atom. The molecule has 1 heterocycles. The van der Waals surface area contributed by atoms with E-state index in [1.54, 1.807) is 25.1 Å². The molecule has 2 N–H and O–H groups in total. The van der Waals surface area contributed by atoms with Crippen molar-refractivity contribution in [2.45, 2.75) is 25.9 Å². The van der Waals surface area contributed by atoms with E-state index in [2.05, 4.69) is 17.3 Å². The molecule has 1 unspecified atom stereocenters. The Bertz CT molecular complexity index is 598. The number of nitrogens with one attached hydrogen (secondary N) is 1. The predicted molar refractivity (Wildman–Crippen MR) is 85.5 cm³/mol. The number of anilines is 1. The topological polar surface area (TPSA) is 68.5 Å². The summed E-state index contributed by atoms with van der Waals surface area (Å²) in [6.45, 7) is 2.69. The maximum Gasteiger partial charge on any atom is 0.161 e. The molecule has 0 aliphatic rings. The van der Waals surface area contributed by atoms with Crippen molar-refractivity contribution in [1.82, 2.24) is 9.78 Å². The van der Waals surface area contributed by atoms with Crippen LogP contribution in [0.4, 0.5) is 5.69 Å². The Kier molecular flexibility index (Phi) is 5.66. The molecule has 0 radical (unpaired) electrons. The summed E-state index contributed by atoms with van der Waals surface area (Å²) in [4.78, 5) is 0. The number of aliphatic hydroxyl groups excluding tert-OH is 1. The zero-order valence-corrected chi connectivity index (χ0v) is 13.2. The van der Waals surface area contributed by atoms with Crippen LogP contribution in [0.1, 0.15) is 24.9 Å². The van der Waals surface area contributed by atoms with E-state index in [4.69, 9.17) is 14.6 Å². The van der Waals surface area contributed by atoms with Gasteiger partial charge in [-0.1, -0.05) is 13.0 Å².